The second-order valence-corrected chi connectivity index (χ2v) is 9.64. The molecule has 0 aliphatic carbocycles. The van der Waals surface area contributed by atoms with E-state index in [1.54, 1.807) is 24.3 Å². The Balaban J connectivity index is 1.78. The van der Waals surface area contributed by atoms with Crippen LogP contribution in [0.1, 0.15) is 11.1 Å². The molecule has 0 spiro atoms. The first kappa shape index (κ1) is 23.6. The van der Waals surface area contributed by atoms with Crippen molar-refractivity contribution in [1.82, 2.24) is 9.73 Å². The van der Waals surface area contributed by atoms with Crippen LogP contribution in [0.15, 0.2) is 93.3 Å². The number of benzene rings is 3. The number of rotatable bonds is 9. The molecule has 0 bridgehead atoms. The summed E-state index contributed by atoms with van der Waals surface area (Å²) in [7, 11) is -2.44. The lowest BCUT2D eigenvalue weighted by Gasteiger charge is -2.21. The van der Waals surface area contributed by atoms with Crippen LogP contribution in [0, 0.1) is 0 Å². The first-order valence-electron chi connectivity index (χ1n) is 9.64. The smallest absolute Gasteiger partial charge is 0.255 e. The molecular formula is C23H22BrN3O4S. The standard InChI is InChI=1S/C23H22BrN3O4S/c1-31-21-10-12-22(13-11-21)32(29,30)27(16-18-6-3-2-4-7-18)17-23(28)26-25-15-19-8-5-9-20(24)14-19/h2-15H,16-17H2,1H3,(H,26,28)/b25-15-. The highest BCUT2D eigenvalue weighted by Gasteiger charge is 2.27. The van der Waals surface area contributed by atoms with Crippen molar-refractivity contribution in [1.29, 1.82) is 0 Å². The molecule has 3 rings (SSSR count). The number of ether oxygens (including phenoxy) is 1. The average molecular weight is 516 g/mol. The van der Waals surface area contributed by atoms with E-state index in [1.165, 1.54) is 25.5 Å². The fraction of sp³-hybridized carbons (Fsp3) is 0.130. The monoisotopic (exact) mass is 515 g/mol. The number of carbonyl (C=O) groups is 1. The Labute approximate surface area is 195 Å². The number of methoxy groups -OCH3 is 1. The molecule has 7 nitrogen and oxygen atoms in total. The zero-order valence-electron chi connectivity index (χ0n) is 17.3. The molecule has 0 aliphatic heterocycles. The van der Waals surface area contributed by atoms with Crippen molar-refractivity contribution in [2.24, 2.45) is 5.10 Å². The summed E-state index contributed by atoms with van der Waals surface area (Å²) in [6.07, 6.45) is 1.49. The van der Waals surface area contributed by atoms with Crippen LogP contribution in [0.25, 0.3) is 0 Å². The van der Waals surface area contributed by atoms with E-state index in [9.17, 15) is 13.2 Å². The number of sulfonamides is 1. The molecule has 0 fully saturated rings. The van der Waals surface area contributed by atoms with Gasteiger partial charge in [0.2, 0.25) is 10.0 Å². The van der Waals surface area contributed by atoms with Crippen LogP contribution >= 0.6 is 15.9 Å². The van der Waals surface area contributed by atoms with E-state index in [0.717, 1.165) is 19.9 Å². The second kappa shape index (κ2) is 11.0. The van der Waals surface area contributed by atoms with Crippen LogP contribution in [0.5, 0.6) is 5.75 Å². The molecule has 1 amide bonds. The lowest BCUT2D eigenvalue weighted by molar-refractivity contribution is -0.121. The molecule has 32 heavy (non-hydrogen) atoms. The molecule has 0 saturated heterocycles. The zero-order chi connectivity index (χ0) is 23.0. The molecule has 0 atom stereocenters. The maximum absolute atomic E-state index is 13.3. The Bertz CT molecular complexity index is 1180. The number of hydrazone groups is 1. The van der Waals surface area contributed by atoms with Crippen LogP contribution in [-0.4, -0.2) is 38.5 Å². The number of hydrogen-bond donors (Lipinski definition) is 1. The number of nitrogens with one attached hydrogen (secondary N) is 1. The van der Waals surface area contributed by atoms with Gasteiger partial charge in [-0.05, 0) is 47.5 Å². The van der Waals surface area contributed by atoms with Gasteiger partial charge in [-0.15, -0.1) is 0 Å². The summed E-state index contributed by atoms with van der Waals surface area (Å²) in [4.78, 5) is 12.6. The van der Waals surface area contributed by atoms with E-state index >= 15 is 0 Å². The first-order chi connectivity index (χ1) is 15.4. The maximum atomic E-state index is 13.3. The fourth-order valence-electron chi connectivity index (χ4n) is 2.87. The van der Waals surface area contributed by atoms with Crippen molar-refractivity contribution in [2.75, 3.05) is 13.7 Å². The van der Waals surface area contributed by atoms with Gasteiger partial charge in [0.15, 0.2) is 0 Å². The summed E-state index contributed by atoms with van der Waals surface area (Å²) in [6, 6.07) is 22.5. The Morgan fingerprint density at radius 3 is 2.44 bits per heavy atom. The SMILES string of the molecule is COc1ccc(S(=O)(=O)N(CC(=O)N/N=C\c2cccc(Br)c2)Cc2ccccc2)cc1. The van der Waals surface area contributed by atoms with E-state index in [1.807, 2.05) is 42.5 Å². The third-order valence-electron chi connectivity index (χ3n) is 4.47. The van der Waals surface area contributed by atoms with Crippen LogP contribution in [-0.2, 0) is 21.4 Å². The Kier molecular flexibility index (Phi) is 8.15. The first-order valence-corrected chi connectivity index (χ1v) is 11.9. The summed E-state index contributed by atoms with van der Waals surface area (Å²) in [5.74, 6) is -0.0116. The minimum absolute atomic E-state index is 0.0397. The number of nitrogens with zero attached hydrogens (tertiary/aromatic N) is 2. The predicted molar refractivity (Wildman–Crippen MR) is 127 cm³/mol. The van der Waals surface area contributed by atoms with Gasteiger partial charge < -0.3 is 4.74 Å². The number of amides is 1. The summed E-state index contributed by atoms with van der Waals surface area (Å²) in [5.41, 5.74) is 3.94. The molecule has 0 saturated carbocycles. The van der Waals surface area contributed by atoms with Gasteiger partial charge in [-0.1, -0.05) is 58.4 Å². The Morgan fingerprint density at radius 2 is 1.78 bits per heavy atom. The van der Waals surface area contributed by atoms with Gasteiger partial charge in [0.1, 0.15) is 5.75 Å². The molecule has 0 aromatic heterocycles. The number of hydrogen-bond acceptors (Lipinski definition) is 5. The Morgan fingerprint density at radius 1 is 1.06 bits per heavy atom. The number of carbonyl (C=O) groups excluding carboxylic acids is 1. The molecule has 0 unspecified atom stereocenters. The largest absolute Gasteiger partial charge is 0.497 e. The molecule has 1 N–H and O–H groups in total. The van der Waals surface area contributed by atoms with Crippen molar-refractivity contribution in [3.63, 3.8) is 0 Å². The average Bonchev–Trinajstić information content (AvgIpc) is 2.79. The van der Waals surface area contributed by atoms with E-state index in [0.29, 0.717) is 5.75 Å². The summed E-state index contributed by atoms with van der Waals surface area (Å²) >= 11 is 3.37. The molecule has 9 heteroatoms. The predicted octanol–water partition coefficient (Wildman–Crippen LogP) is 3.80. The van der Waals surface area contributed by atoms with Gasteiger partial charge in [-0.25, -0.2) is 13.8 Å². The molecule has 0 radical (unpaired) electrons. The normalized spacial score (nSPS) is 11.6. The zero-order valence-corrected chi connectivity index (χ0v) is 19.7. The molecule has 3 aromatic carbocycles. The van der Waals surface area contributed by atoms with Gasteiger partial charge in [-0.2, -0.15) is 9.41 Å². The Hall–Kier alpha value is -3.01. The number of halogens is 1. The molecule has 0 aliphatic rings. The third kappa shape index (κ3) is 6.49. The highest BCUT2D eigenvalue weighted by Crippen LogP contribution is 2.21. The quantitative estimate of drug-likeness (QED) is 0.346. The van der Waals surface area contributed by atoms with Crippen LogP contribution in [0.3, 0.4) is 0 Å². The topological polar surface area (TPSA) is 88.1 Å². The van der Waals surface area contributed by atoms with Gasteiger partial charge >= 0.3 is 0 Å². The van der Waals surface area contributed by atoms with E-state index in [2.05, 4.69) is 26.5 Å². The van der Waals surface area contributed by atoms with Gasteiger partial charge in [-0.3, -0.25) is 4.79 Å². The van der Waals surface area contributed by atoms with Crippen LogP contribution in [0.2, 0.25) is 0 Å². The van der Waals surface area contributed by atoms with Crippen LogP contribution < -0.4 is 10.2 Å². The summed E-state index contributed by atoms with van der Waals surface area (Å²) < 4.78 is 33.6. The van der Waals surface area contributed by atoms with E-state index in [4.69, 9.17) is 4.74 Å². The van der Waals surface area contributed by atoms with Gasteiger partial charge in [0.25, 0.3) is 5.91 Å². The highest BCUT2D eigenvalue weighted by molar-refractivity contribution is 9.10. The van der Waals surface area contributed by atoms with Crippen molar-refractivity contribution < 1.29 is 17.9 Å². The lowest BCUT2D eigenvalue weighted by atomic mass is 10.2. The highest BCUT2D eigenvalue weighted by atomic mass is 79.9. The van der Waals surface area contributed by atoms with Gasteiger partial charge in [0, 0.05) is 11.0 Å². The van der Waals surface area contributed by atoms with E-state index < -0.39 is 15.9 Å². The fourth-order valence-corrected chi connectivity index (χ4v) is 4.67. The van der Waals surface area contributed by atoms with Crippen molar-refractivity contribution in [2.45, 2.75) is 11.4 Å². The van der Waals surface area contributed by atoms with Crippen molar-refractivity contribution >= 4 is 38.1 Å². The summed E-state index contributed by atoms with van der Waals surface area (Å²) in [6.45, 7) is -0.350. The molecule has 166 valence electrons. The lowest BCUT2D eigenvalue weighted by Crippen LogP contribution is -2.39. The maximum Gasteiger partial charge on any atom is 0.255 e. The molecule has 0 heterocycles. The molecule has 3 aromatic rings. The van der Waals surface area contributed by atoms with Crippen LogP contribution in [0.4, 0.5) is 0 Å². The van der Waals surface area contributed by atoms with E-state index in [-0.39, 0.29) is 18.0 Å². The summed E-state index contributed by atoms with van der Waals surface area (Å²) in [5, 5.41) is 3.94. The second-order valence-electron chi connectivity index (χ2n) is 6.78. The van der Waals surface area contributed by atoms with Crippen molar-refractivity contribution in [3.8, 4) is 5.75 Å². The van der Waals surface area contributed by atoms with Crippen molar-refractivity contribution in [3.05, 3.63) is 94.5 Å². The minimum atomic E-state index is -3.94. The van der Waals surface area contributed by atoms with Gasteiger partial charge in [0.05, 0.1) is 24.8 Å². The minimum Gasteiger partial charge on any atom is -0.497 e. The third-order valence-corrected chi connectivity index (χ3v) is 6.77. The molecular weight excluding hydrogens is 494 g/mol.